The van der Waals surface area contributed by atoms with Crippen LogP contribution < -0.4 is 209 Å². The predicted octanol–water partition coefficient (Wildman–Crippen LogP) is -16.6. The summed E-state index contributed by atoms with van der Waals surface area (Å²) >= 11 is 0. The van der Waals surface area contributed by atoms with E-state index in [2.05, 4.69) is 21.3 Å². The first kappa shape index (κ1) is 83.2. The Morgan fingerprint density at radius 3 is 0.811 bits per heavy atom. The van der Waals surface area contributed by atoms with Gasteiger partial charge in [0.1, 0.15) is 83.5 Å². The van der Waals surface area contributed by atoms with Gasteiger partial charge < -0.3 is 77.5 Å². The molecule has 0 spiro atoms. The monoisotopic (exact) mass is 1410 g/mol. The molecule has 45 heteroatoms. The number of aryl methyl sites for hydroxylation is 4. The number of nitrogens with zero attached hydrogens (tertiary/aromatic N) is 4. The van der Waals surface area contributed by atoms with Crippen LogP contribution in [0.3, 0.4) is 0 Å². The van der Waals surface area contributed by atoms with Crippen LogP contribution in [0.5, 0.6) is 0 Å². The quantitative estimate of drug-likeness (QED) is 0.0386. The summed E-state index contributed by atoms with van der Waals surface area (Å²) in [5.74, 6) is -4.44. The molecule has 0 radical (unpaired) electrons. The van der Waals surface area contributed by atoms with Gasteiger partial charge in [-0.1, -0.05) is 24.3 Å². The van der Waals surface area contributed by atoms with Crippen LogP contribution in [0.25, 0.3) is 21.5 Å². The van der Waals surface area contributed by atoms with Gasteiger partial charge in [-0.05, 0) is 48.5 Å². The zero-order valence-corrected chi connectivity index (χ0v) is 65.3. The van der Waals surface area contributed by atoms with Gasteiger partial charge in [0, 0.05) is 74.5 Å². The summed E-state index contributed by atoms with van der Waals surface area (Å²) in [5.41, 5.74) is -4.06. The maximum absolute atomic E-state index is 13.6. The van der Waals surface area contributed by atoms with Crippen molar-refractivity contribution in [1.29, 1.82) is 0 Å². The van der Waals surface area contributed by atoms with E-state index in [-0.39, 0.29) is 211 Å². The van der Waals surface area contributed by atoms with E-state index in [1.165, 1.54) is 61.9 Å². The molecule has 8 aromatic rings. The molecule has 4 heterocycles. The van der Waals surface area contributed by atoms with Crippen molar-refractivity contribution in [3.05, 3.63) is 120 Å². The zero-order valence-electron chi connectivity index (χ0n) is 48.4. The Morgan fingerprint density at radius 2 is 0.567 bits per heavy atom. The number of anilines is 6. The van der Waals surface area contributed by atoms with Crippen molar-refractivity contribution < 1.29 is 279 Å². The van der Waals surface area contributed by atoms with Crippen molar-refractivity contribution in [2.24, 2.45) is 28.2 Å². The van der Waals surface area contributed by atoms with Crippen LogP contribution in [0.1, 0.15) is 42.0 Å². The largest absolute Gasteiger partial charge is 1.00 e. The van der Waals surface area contributed by atoms with Gasteiger partial charge in [0.2, 0.25) is 0 Å². The first-order valence-corrected chi connectivity index (χ1v) is 31.0. The molecule has 0 saturated heterocycles. The third kappa shape index (κ3) is 18.4. The van der Waals surface area contributed by atoms with Gasteiger partial charge in [0.15, 0.2) is 0 Å². The van der Waals surface area contributed by atoms with E-state index in [9.17, 15) is 102 Å². The van der Waals surface area contributed by atoms with Crippen LogP contribution in [-0.4, -0.2) is 126 Å². The van der Waals surface area contributed by atoms with Crippen LogP contribution in [0.2, 0.25) is 0 Å². The normalized spacial score (nSPS) is 11.7. The molecule has 4 aromatic carbocycles. The van der Waals surface area contributed by atoms with Gasteiger partial charge in [-0.25, -0.2) is 55.3 Å². The van der Waals surface area contributed by atoms with Crippen LogP contribution in [0.15, 0.2) is 127 Å². The minimum atomic E-state index is -5.88. The molecule has 0 aliphatic rings. The molecule has 8 rings (SSSR count). The van der Waals surface area contributed by atoms with Gasteiger partial charge in [-0.2, -0.15) is 0 Å². The average Bonchev–Trinajstić information content (AvgIpc) is 0.943. The second-order valence-electron chi connectivity index (χ2n) is 17.9. The number of nitrogens with one attached hydrogen (secondary N) is 6. The molecule has 0 saturated carbocycles. The number of carbonyl (C=O) groups excluding carboxylic acids is 5. The molecule has 0 atom stereocenters. The van der Waals surface area contributed by atoms with Crippen LogP contribution in [0.4, 0.5) is 38.9 Å². The first-order valence-electron chi connectivity index (χ1n) is 22.6. The Labute approximate surface area is 643 Å². The molecule has 0 bridgehead atoms. The Morgan fingerprint density at radius 1 is 0.322 bits per heavy atom. The fraction of sp³-hybridized carbons (Fsp3) is 0.0889. The Bertz CT molecular complexity index is 4670. The molecule has 0 aliphatic carbocycles. The van der Waals surface area contributed by atoms with E-state index >= 15 is 0 Å². The van der Waals surface area contributed by atoms with E-state index in [1.54, 1.807) is 0 Å². The van der Waals surface area contributed by atoms with Crippen molar-refractivity contribution in [3.63, 3.8) is 0 Å². The van der Waals surface area contributed by atoms with E-state index in [4.69, 9.17) is 0 Å². The fourth-order valence-corrected chi connectivity index (χ4v) is 13.3. The van der Waals surface area contributed by atoms with Gasteiger partial charge in [0.25, 0.3) is 23.6 Å². The number of fused-ring (bicyclic) bond motifs is 2. The van der Waals surface area contributed by atoms with Gasteiger partial charge in [-0.3, -0.25) is 19.2 Å². The summed E-state index contributed by atoms with van der Waals surface area (Å²) in [7, 11) is -29.1. The molecule has 6 amide bonds. The number of rotatable bonds is 16. The second-order valence-corrected chi connectivity index (χ2v) is 25.9. The molecule has 90 heavy (non-hydrogen) atoms. The molecule has 4 aromatic heterocycles. The predicted molar refractivity (Wildman–Crippen MR) is 282 cm³/mol. The van der Waals surface area contributed by atoms with Crippen molar-refractivity contribution in [1.82, 2.24) is 18.3 Å². The van der Waals surface area contributed by atoms with E-state index < -0.39 is 164 Å². The van der Waals surface area contributed by atoms with Crippen molar-refractivity contribution in [2.45, 2.75) is 29.4 Å². The molecular weight excluding hydrogens is 1380 g/mol. The molecule has 0 unspecified atom stereocenters. The minimum Gasteiger partial charge on any atom is -0.744 e. The molecule has 444 valence electrons. The first-order chi connectivity index (χ1) is 38.6. The molecule has 6 N–H and O–H groups in total. The van der Waals surface area contributed by atoms with Crippen molar-refractivity contribution in [2.75, 3.05) is 31.9 Å². The second kappa shape index (κ2) is 30.9. The van der Waals surface area contributed by atoms with E-state index in [1.807, 2.05) is 10.6 Å². The number of amides is 6. The number of carbonyl (C=O) groups is 5. The Balaban J connectivity index is 0.00000460. The molecule has 33 nitrogen and oxygen atoms in total. The number of aromatic nitrogens is 4. The van der Waals surface area contributed by atoms with Gasteiger partial charge >= 0.3 is 183 Å². The Hall–Kier alpha value is -2.87. The zero-order chi connectivity index (χ0) is 62.3. The van der Waals surface area contributed by atoms with Crippen molar-refractivity contribution >= 4 is 146 Å². The summed E-state index contributed by atoms with van der Waals surface area (Å²) < 4.78 is 226. The smallest absolute Gasteiger partial charge is 0.744 e. The SMILES string of the molecule is Cn1cc(NC(=O)Nc2cc(C(=O)Nc3cc(C(=O)Nc4c(S(=O)(=O)[O-])cc5c(S(=O)(=O)[O-])cccc5c4S(=O)(=O)[O-])n(C)c3)n(C)c2)cc1C(=O)Nc1cc(C(=O)Nc2c(S(=O)(=O)[O-])cc3c(S(=O)(=O)[O-])cccc3c2S(=O)(=O)[O-])n(C)c1.[Na+].[Na+].[Na+].[Na+].[Na+].[Na+]. The topological polar surface area (TPSA) is 520 Å². The maximum atomic E-state index is 13.6. The van der Waals surface area contributed by atoms with Crippen LogP contribution >= 0.6 is 0 Å². The third-order valence-electron chi connectivity index (χ3n) is 12.2. The minimum absolute atomic E-state index is 0. The number of benzene rings is 4. The van der Waals surface area contributed by atoms with Crippen LogP contribution in [0, 0.1) is 0 Å². The number of urea groups is 1. The van der Waals surface area contributed by atoms with Crippen molar-refractivity contribution in [3.8, 4) is 0 Å². The summed E-state index contributed by atoms with van der Waals surface area (Å²) in [4.78, 5) is 58.7. The van der Waals surface area contributed by atoms with Crippen LogP contribution in [-0.2, 0) is 88.9 Å². The number of hydrogen-bond donors (Lipinski definition) is 6. The number of hydrogen-bond acceptors (Lipinski definition) is 23. The summed E-state index contributed by atoms with van der Waals surface area (Å²) in [6.07, 6.45) is 4.92. The Kier molecular flexibility index (Phi) is 28.6. The van der Waals surface area contributed by atoms with E-state index in [0.717, 1.165) is 57.9 Å². The summed E-state index contributed by atoms with van der Waals surface area (Å²) in [5, 5.41) is 10.2. The molecular formula is C45H34N10Na6O23S6. The third-order valence-corrected chi connectivity index (χ3v) is 17.5. The van der Waals surface area contributed by atoms with Gasteiger partial charge in [0.05, 0.1) is 63.5 Å². The summed E-state index contributed by atoms with van der Waals surface area (Å²) in [6, 6.07) is 8.81. The average molecular weight is 1410 g/mol. The fourth-order valence-electron chi connectivity index (χ4n) is 8.74. The molecule has 0 fully saturated rings. The standard InChI is InChI=1S/C45H40N10O23S6.6Na/c1-52-17-21(11-31(52)43(58)50-37-35(81(67,68)69)15-27-25(39(37)83(73,74)75)7-5-9-33(27)79(61,62)63)46-41(56)29-13-23(19-54(29)3)48-45(60)49-24-14-30(55(4)20-24)42(57)47-22-12-32(53(2)18-22)44(59)51-38-36(82(70,71)72)16-28-26(40(38)84(76,77)78)8-6-10-34(28)80(64,65)66;;;;;;/h5-20H,1-4H3,(H,46,56)(H,47,57)(H,50,58)(H,51,59)(H2,48,49,60)(H,61,62,63)(H,64,65,66)(H,67,68,69)(H,70,71,72)(H,73,74,75)(H,76,77,78);;;;;;/q;6*+1/p-6. The molecule has 0 aliphatic heterocycles. The van der Waals surface area contributed by atoms with E-state index in [0.29, 0.717) is 24.3 Å². The maximum Gasteiger partial charge on any atom is 1.00 e. The summed E-state index contributed by atoms with van der Waals surface area (Å²) in [6.45, 7) is 0. The van der Waals surface area contributed by atoms with Gasteiger partial charge in [-0.15, -0.1) is 0 Å².